The maximum atomic E-state index is 12.7. The lowest BCUT2D eigenvalue weighted by molar-refractivity contribution is 0.102. The summed E-state index contributed by atoms with van der Waals surface area (Å²) in [5.41, 5.74) is 1.52. The minimum absolute atomic E-state index is 0.0743. The van der Waals surface area contributed by atoms with Gasteiger partial charge in [-0.3, -0.25) is 14.2 Å². The van der Waals surface area contributed by atoms with Gasteiger partial charge in [0.15, 0.2) is 10.9 Å². The Labute approximate surface area is 156 Å². The third kappa shape index (κ3) is 4.40. The summed E-state index contributed by atoms with van der Waals surface area (Å²) in [5.74, 6) is -0.198. The molecule has 26 heavy (non-hydrogen) atoms. The van der Waals surface area contributed by atoms with E-state index in [0.717, 1.165) is 17.6 Å². The molecular formula is C15H19N3O5S3. The number of Topliss-reactive ketones (excluding diaryl/α,β-unsaturated/α-hetero) is 1. The Kier molecular flexibility index (Phi) is 5.45. The first kappa shape index (κ1) is 20.3. The molecule has 2 N–H and O–H groups in total. The predicted molar refractivity (Wildman–Crippen MR) is 102 cm³/mol. The fourth-order valence-corrected chi connectivity index (χ4v) is 5.43. The molecule has 0 radical (unpaired) electrons. The number of hydrogen-bond donors (Lipinski definition) is 2. The van der Waals surface area contributed by atoms with E-state index in [2.05, 4.69) is 14.4 Å². The summed E-state index contributed by atoms with van der Waals surface area (Å²) < 4.78 is 53.3. The Morgan fingerprint density at radius 3 is 2.19 bits per heavy atom. The van der Waals surface area contributed by atoms with Crippen LogP contribution in [0, 0.1) is 20.8 Å². The highest BCUT2D eigenvalue weighted by atomic mass is 32.2. The zero-order valence-corrected chi connectivity index (χ0v) is 17.3. The van der Waals surface area contributed by atoms with Crippen molar-refractivity contribution in [2.45, 2.75) is 32.6 Å². The van der Waals surface area contributed by atoms with Crippen LogP contribution in [-0.4, -0.2) is 33.9 Å². The van der Waals surface area contributed by atoms with Crippen molar-refractivity contribution in [1.82, 2.24) is 4.98 Å². The number of carbonyl (C=O) groups excluding carboxylic acids is 1. The van der Waals surface area contributed by atoms with Crippen LogP contribution in [0.4, 0.5) is 10.8 Å². The van der Waals surface area contributed by atoms with Gasteiger partial charge in [0.1, 0.15) is 0 Å². The summed E-state index contributed by atoms with van der Waals surface area (Å²) in [5, 5.41) is 0.0743. The first-order valence-corrected chi connectivity index (χ1v) is 11.6. The number of aromatic nitrogens is 1. The summed E-state index contributed by atoms with van der Waals surface area (Å²) in [6.07, 6.45) is 0.993. The van der Waals surface area contributed by atoms with Crippen molar-refractivity contribution in [3.63, 3.8) is 0 Å². The predicted octanol–water partition coefficient (Wildman–Crippen LogP) is 2.44. The highest BCUT2D eigenvalue weighted by molar-refractivity contribution is 7.93. The smallest absolute Gasteiger partial charge is 0.264 e. The van der Waals surface area contributed by atoms with Gasteiger partial charge in [-0.1, -0.05) is 17.4 Å². The van der Waals surface area contributed by atoms with Crippen LogP contribution in [0.15, 0.2) is 17.0 Å². The fraction of sp³-hybridized carbons (Fsp3) is 0.333. The maximum absolute atomic E-state index is 12.7. The summed E-state index contributed by atoms with van der Waals surface area (Å²) in [6, 6.07) is 2.91. The van der Waals surface area contributed by atoms with Gasteiger partial charge in [0, 0.05) is 6.92 Å². The van der Waals surface area contributed by atoms with Crippen LogP contribution in [-0.2, 0) is 20.0 Å². The van der Waals surface area contributed by atoms with E-state index in [4.69, 9.17) is 0 Å². The highest BCUT2D eigenvalue weighted by Gasteiger charge is 2.23. The summed E-state index contributed by atoms with van der Waals surface area (Å²) in [4.78, 5) is 15.9. The lowest BCUT2D eigenvalue weighted by Gasteiger charge is -2.15. The molecule has 0 aliphatic rings. The number of rotatable bonds is 6. The average Bonchev–Trinajstić information content (AvgIpc) is 2.82. The molecule has 0 spiro atoms. The molecule has 0 saturated heterocycles. The zero-order chi connectivity index (χ0) is 19.9. The molecule has 11 heteroatoms. The van der Waals surface area contributed by atoms with E-state index in [9.17, 15) is 21.6 Å². The summed E-state index contributed by atoms with van der Waals surface area (Å²) in [6.45, 7) is 6.19. The standard InChI is InChI=1S/C15H19N3O5S3/c1-8-6-7-12(9(2)13(8)17-25(5,20)21)26(22,23)18-15-16-10(3)14(24-15)11(4)19/h6-7,17H,1-5H3,(H,16,18). The van der Waals surface area contributed by atoms with Crippen LogP contribution in [0.5, 0.6) is 0 Å². The third-order valence-electron chi connectivity index (χ3n) is 3.54. The number of nitrogens with zero attached hydrogens (tertiary/aromatic N) is 1. The van der Waals surface area contributed by atoms with Gasteiger partial charge in [-0.15, -0.1) is 0 Å². The molecule has 0 saturated carbocycles. The van der Waals surface area contributed by atoms with E-state index >= 15 is 0 Å². The van der Waals surface area contributed by atoms with Gasteiger partial charge in [-0.25, -0.2) is 21.8 Å². The van der Waals surface area contributed by atoms with Gasteiger partial charge in [0.05, 0.1) is 27.4 Å². The van der Waals surface area contributed by atoms with E-state index in [1.807, 2.05) is 0 Å². The van der Waals surface area contributed by atoms with E-state index in [0.29, 0.717) is 16.1 Å². The Hall–Kier alpha value is -1.98. The second-order valence-corrected chi connectivity index (χ2v) is 10.2. The second kappa shape index (κ2) is 6.97. The minimum Gasteiger partial charge on any atom is -0.294 e. The van der Waals surface area contributed by atoms with Gasteiger partial charge in [0.2, 0.25) is 10.0 Å². The SMILES string of the molecule is CC(=O)c1sc(NS(=O)(=O)c2ccc(C)c(NS(C)(=O)=O)c2C)nc1C. The van der Waals surface area contributed by atoms with Crippen molar-refractivity contribution in [3.05, 3.63) is 33.8 Å². The summed E-state index contributed by atoms with van der Waals surface area (Å²) in [7, 11) is -7.58. The Balaban J connectivity index is 2.48. The number of anilines is 2. The first-order chi connectivity index (χ1) is 11.8. The Morgan fingerprint density at radius 1 is 1.08 bits per heavy atom. The van der Waals surface area contributed by atoms with Crippen molar-refractivity contribution < 1.29 is 21.6 Å². The molecule has 0 bridgehead atoms. The molecule has 1 aromatic carbocycles. The lowest BCUT2D eigenvalue weighted by Crippen LogP contribution is -2.17. The van der Waals surface area contributed by atoms with Gasteiger partial charge < -0.3 is 0 Å². The number of hydrogen-bond acceptors (Lipinski definition) is 7. The Bertz CT molecular complexity index is 1090. The molecule has 8 nitrogen and oxygen atoms in total. The van der Waals surface area contributed by atoms with Crippen LogP contribution in [0.1, 0.15) is 33.4 Å². The molecule has 0 fully saturated rings. The number of nitrogens with one attached hydrogen (secondary N) is 2. The van der Waals surface area contributed by atoms with Crippen LogP contribution in [0.25, 0.3) is 0 Å². The minimum atomic E-state index is -4.02. The molecular weight excluding hydrogens is 398 g/mol. The number of carbonyl (C=O) groups is 1. The molecule has 2 aromatic rings. The molecule has 0 aliphatic carbocycles. The van der Waals surface area contributed by atoms with Crippen molar-refractivity contribution in [1.29, 1.82) is 0 Å². The van der Waals surface area contributed by atoms with Crippen molar-refractivity contribution in [3.8, 4) is 0 Å². The molecule has 0 atom stereocenters. The quantitative estimate of drug-likeness (QED) is 0.696. The van der Waals surface area contributed by atoms with Gasteiger partial charge in [-0.05, 0) is 38.0 Å². The normalized spacial score (nSPS) is 12.0. The zero-order valence-electron chi connectivity index (χ0n) is 14.9. The van der Waals surface area contributed by atoms with Crippen LogP contribution < -0.4 is 9.44 Å². The van der Waals surface area contributed by atoms with Crippen LogP contribution in [0.2, 0.25) is 0 Å². The van der Waals surface area contributed by atoms with E-state index in [1.165, 1.54) is 26.0 Å². The van der Waals surface area contributed by atoms with Crippen LogP contribution >= 0.6 is 11.3 Å². The Morgan fingerprint density at radius 2 is 1.69 bits per heavy atom. The first-order valence-electron chi connectivity index (χ1n) is 7.41. The summed E-state index contributed by atoms with van der Waals surface area (Å²) >= 11 is 0.950. The monoisotopic (exact) mass is 417 g/mol. The molecule has 0 aliphatic heterocycles. The molecule has 1 aromatic heterocycles. The lowest BCUT2D eigenvalue weighted by atomic mass is 10.1. The van der Waals surface area contributed by atoms with Gasteiger partial charge >= 0.3 is 0 Å². The number of thiazole rings is 1. The molecule has 1 heterocycles. The number of sulfonamides is 2. The van der Waals surface area contributed by atoms with E-state index in [1.54, 1.807) is 13.8 Å². The number of ketones is 1. The molecule has 0 unspecified atom stereocenters. The largest absolute Gasteiger partial charge is 0.294 e. The maximum Gasteiger partial charge on any atom is 0.264 e. The van der Waals surface area contributed by atoms with Gasteiger partial charge in [0.25, 0.3) is 10.0 Å². The highest BCUT2D eigenvalue weighted by Crippen LogP contribution is 2.30. The number of benzene rings is 1. The molecule has 142 valence electrons. The van der Waals surface area contributed by atoms with Crippen molar-refractivity contribution in [2.24, 2.45) is 0 Å². The van der Waals surface area contributed by atoms with Gasteiger partial charge in [-0.2, -0.15) is 0 Å². The molecule has 0 amide bonds. The average molecular weight is 418 g/mol. The van der Waals surface area contributed by atoms with Crippen molar-refractivity contribution >= 4 is 48.0 Å². The van der Waals surface area contributed by atoms with E-state index < -0.39 is 20.0 Å². The van der Waals surface area contributed by atoms with E-state index in [-0.39, 0.29) is 27.1 Å². The third-order valence-corrected chi connectivity index (χ3v) is 6.90. The van der Waals surface area contributed by atoms with Crippen LogP contribution in [0.3, 0.4) is 0 Å². The van der Waals surface area contributed by atoms with Crippen molar-refractivity contribution in [2.75, 3.05) is 15.7 Å². The molecule has 2 rings (SSSR count). The fourth-order valence-electron chi connectivity index (χ4n) is 2.40. The second-order valence-electron chi connectivity index (χ2n) is 5.85. The topological polar surface area (TPSA) is 122 Å². The number of aryl methyl sites for hydroxylation is 2.